The maximum atomic E-state index is 12.3. The van der Waals surface area contributed by atoms with E-state index >= 15 is 0 Å². The van der Waals surface area contributed by atoms with Gasteiger partial charge in [0.25, 0.3) is 0 Å². The molecule has 2 heterocycles. The van der Waals surface area contributed by atoms with Crippen LogP contribution in [0.1, 0.15) is 23.3 Å². The topological polar surface area (TPSA) is 66.6 Å². The molecule has 0 spiro atoms. The number of carbonyl (C=O) groups excluding carboxylic acids is 2. The fraction of sp³-hybridized carbons (Fsp3) is 0.600. The van der Waals surface area contributed by atoms with Crippen molar-refractivity contribution in [1.29, 1.82) is 0 Å². The summed E-state index contributed by atoms with van der Waals surface area (Å²) in [5.41, 5.74) is 6.56. The Morgan fingerprint density at radius 3 is 2.62 bits per heavy atom. The zero-order valence-electron chi connectivity index (χ0n) is 12.7. The second-order valence-electron chi connectivity index (χ2n) is 5.73. The van der Waals surface area contributed by atoms with Crippen LogP contribution in [0, 0.1) is 12.8 Å². The summed E-state index contributed by atoms with van der Waals surface area (Å²) >= 11 is 1.69. The predicted octanol–water partition coefficient (Wildman–Crippen LogP) is 1.21. The van der Waals surface area contributed by atoms with Crippen LogP contribution in [0.5, 0.6) is 0 Å². The second-order valence-corrected chi connectivity index (χ2v) is 6.73. The van der Waals surface area contributed by atoms with Crippen molar-refractivity contribution in [3.63, 3.8) is 0 Å². The van der Waals surface area contributed by atoms with Crippen LogP contribution in [-0.4, -0.2) is 48.3 Å². The molecule has 2 amide bonds. The van der Waals surface area contributed by atoms with Crippen molar-refractivity contribution in [2.45, 2.75) is 26.3 Å². The molecule has 1 aliphatic rings. The lowest BCUT2D eigenvalue weighted by Gasteiger charge is -2.31. The van der Waals surface area contributed by atoms with E-state index in [0.29, 0.717) is 13.1 Å². The number of nitrogens with two attached hydrogens (primary N) is 1. The number of likely N-dealkylation sites (tertiary alicyclic amines) is 1. The minimum Gasteiger partial charge on any atom is -0.369 e. The fourth-order valence-electron chi connectivity index (χ4n) is 2.56. The van der Waals surface area contributed by atoms with Crippen LogP contribution in [0.15, 0.2) is 11.4 Å². The molecule has 1 saturated heterocycles. The van der Waals surface area contributed by atoms with Gasteiger partial charge in [-0.15, -0.1) is 11.3 Å². The van der Waals surface area contributed by atoms with Crippen molar-refractivity contribution in [1.82, 2.24) is 9.80 Å². The molecular weight excluding hydrogens is 286 g/mol. The zero-order chi connectivity index (χ0) is 15.4. The highest BCUT2D eigenvalue weighted by molar-refractivity contribution is 7.10. The van der Waals surface area contributed by atoms with Gasteiger partial charge in [0, 0.05) is 17.8 Å². The molecule has 1 aromatic rings. The highest BCUT2D eigenvalue weighted by atomic mass is 32.1. The van der Waals surface area contributed by atoms with Gasteiger partial charge in [0.2, 0.25) is 11.8 Å². The van der Waals surface area contributed by atoms with E-state index in [2.05, 4.69) is 23.3 Å². The van der Waals surface area contributed by atoms with Gasteiger partial charge < -0.3 is 10.6 Å². The molecule has 0 atom stereocenters. The van der Waals surface area contributed by atoms with E-state index in [4.69, 9.17) is 5.73 Å². The molecule has 6 heteroatoms. The van der Waals surface area contributed by atoms with E-state index in [0.717, 1.165) is 25.9 Å². The Bertz CT molecular complexity index is 507. The number of carbonyl (C=O) groups is 2. The Morgan fingerprint density at radius 2 is 2.10 bits per heavy atom. The Labute approximate surface area is 129 Å². The van der Waals surface area contributed by atoms with Crippen LogP contribution < -0.4 is 5.73 Å². The maximum absolute atomic E-state index is 12.3. The number of aryl methyl sites for hydroxylation is 1. The number of hydrogen-bond acceptors (Lipinski definition) is 4. The Kier molecular flexibility index (Phi) is 5.36. The molecule has 0 bridgehead atoms. The summed E-state index contributed by atoms with van der Waals surface area (Å²) in [6.45, 7) is 4.70. The number of likely N-dealkylation sites (N-methyl/N-ethyl adjacent to an activating group) is 1. The number of hydrogen-bond donors (Lipinski definition) is 1. The van der Waals surface area contributed by atoms with Gasteiger partial charge in [-0.05, 0) is 49.9 Å². The molecule has 5 nitrogen and oxygen atoms in total. The van der Waals surface area contributed by atoms with Crippen LogP contribution >= 0.6 is 11.3 Å². The molecule has 1 fully saturated rings. The summed E-state index contributed by atoms with van der Waals surface area (Å²) in [4.78, 5) is 28.5. The maximum Gasteiger partial charge on any atom is 0.236 e. The first kappa shape index (κ1) is 16.0. The third-order valence-electron chi connectivity index (χ3n) is 4.12. The standard InChI is InChI=1S/C15H23N3O2S/c1-11-5-8-21-13(11)9-17(2)14(19)10-18-6-3-12(4-7-18)15(16)20/h5,8,12H,3-4,6-7,9-10H2,1-2H3,(H2,16,20). The van der Waals surface area contributed by atoms with E-state index in [1.54, 1.807) is 16.2 Å². The van der Waals surface area contributed by atoms with E-state index in [1.165, 1.54) is 10.4 Å². The predicted molar refractivity (Wildman–Crippen MR) is 83.9 cm³/mol. The van der Waals surface area contributed by atoms with Crippen molar-refractivity contribution in [2.24, 2.45) is 11.7 Å². The quantitative estimate of drug-likeness (QED) is 0.889. The van der Waals surface area contributed by atoms with Crippen LogP contribution in [-0.2, 0) is 16.1 Å². The highest BCUT2D eigenvalue weighted by Gasteiger charge is 2.25. The molecule has 0 aromatic carbocycles. The number of nitrogens with zero attached hydrogens (tertiary/aromatic N) is 2. The summed E-state index contributed by atoms with van der Waals surface area (Å²) in [5.74, 6) is -0.116. The number of rotatable bonds is 5. The Hall–Kier alpha value is -1.40. The summed E-state index contributed by atoms with van der Waals surface area (Å²) < 4.78 is 0. The number of piperidine rings is 1. The van der Waals surface area contributed by atoms with E-state index in [9.17, 15) is 9.59 Å². The van der Waals surface area contributed by atoms with Crippen molar-refractivity contribution in [3.05, 3.63) is 21.9 Å². The molecule has 116 valence electrons. The Balaban J connectivity index is 1.79. The molecule has 0 aliphatic carbocycles. The van der Waals surface area contributed by atoms with Gasteiger partial charge in [-0.1, -0.05) is 0 Å². The van der Waals surface area contributed by atoms with Crippen molar-refractivity contribution >= 4 is 23.2 Å². The van der Waals surface area contributed by atoms with Gasteiger partial charge in [-0.25, -0.2) is 0 Å². The van der Waals surface area contributed by atoms with Crippen molar-refractivity contribution in [2.75, 3.05) is 26.7 Å². The molecule has 2 rings (SSSR count). The van der Waals surface area contributed by atoms with Crippen LogP contribution in [0.2, 0.25) is 0 Å². The largest absolute Gasteiger partial charge is 0.369 e. The number of thiophene rings is 1. The van der Waals surface area contributed by atoms with Gasteiger partial charge in [0.05, 0.1) is 13.1 Å². The molecule has 1 aromatic heterocycles. The van der Waals surface area contributed by atoms with E-state index < -0.39 is 0 Å². The molecule has 2 N–H and O–H groups in total. The normalized spacial score (nSPS) is 16.9. The first-order chi connectivity index (χ1) is 9.97. The van der Waals surface area contributed by atoms with Crippen LogP contribution in [0.25, 0.3) is 0 Å². The molecular formula is C15H23N3O2S. The smallest absolute Gasteiger partial charge is 0.236 e. The summed E-state index contributed by atoms with van der Waals surface area (Å²) in [6, 6.07) is 2.08. The molecule has 0 saturated carbocycles. The third kappa shape index (κ3) is 4.28. The average molecular weight is 309 g/mol. The van der Waals surface area contributed by atoms with Crippen LogP contribution in [0.4, 0.5) is 0 Å². The lowest BCUT2D eigenvalue weighted by molar-refractivity contribution is -0.132. The third-order valence-corrected chi connectivity index (χ3v) is 5.13. The fourth-order valence-corrected chi connectivity index (χ4v) is 3.52. The lowest BCUT2D eigenvalue weighted by Crippen LogP contribution is -2.43. The Morgan fingerprint density at radius 1 is 1.43 bits per heavy atom. The minimum atomic E-state index is -0.216. The number of amides is 2. The van der Waals surface area contributed by atoms with Gasteiger partial charge in [0.1, 0.15) is 0 Å². The summed E-state index contributed by atoms with van der Waals surface area (Å²) in [5, 5.41) is 2.05. The van der Waals surface area contributed by atoms with Crippen LogP contribution in [0.3, 0.4) is 0 Å². The van der Waals surface area contributed by atoms with Gasteiger partial charge in [-0.2, -0.15) is 0 Å². The zero-order valence-corrected chi connectivity index (χ0v) is 13.5. The first-order valence-electron chi connectivity index (χ1n) is 7.26. The summed E-state index contributed by atoms with van der Waals surface area (Å²) in [7, 11) is 1.84. The first-order valence-corrected chi connectivity index (χ1v) is 8.14. The monoisotopic (exact) mass is 309 g/mol. The molecule has 1 aliphatic heterocycles. The van der Waals surface area contributed by atoms with E-state index in [-0.39, 0.29) is 17.7 Å². The SMILES string of the molecule is Cc1ccsc1CN(C)C(=O)CN1CCC(C(N)=O)CC1. The van der Waals surface area contributed by atoms with Gasteiger partial charge in [-0.3, -0.25) is 14.5 Å². The van der Waals surface area contributed by atoms with Crippen molar-refractivity contribution < 1.29 is 9.59 Å². The van der Waals surface area contributed by atoms with Gasteiger partial charge >= 0.3 is 0 Å². The molecule has 21 heavy (non-hydrogen) atoms. The molecule has 0 radical (unpaired) electrons. The minimum absolute atomic E-state index is 0.0251. The average Bonchev–Trinajstić information content (AvgIpc) is 2.84. The molecule has 0 unspecified atom stereocenters. The van der Waals surface area contributed by atoms with Crippen molar-refractivity contribution in [3.8, 4) is 0 Å². The lowest BCUT2D eigenvalue weighted by atomic mass is 9.96. The van der Waals surface area contributed by atoms with Gasteiger partial charge in [0.15, 0.2) is 0 Å². The highest BCUT2D eigenvalue weighted by Crippen LogP contribution is 2.19. The van der Waals surface area contributed by atoms with E-state index in [1.807, 2.05) is 7.05 Å². The second kappa shape index (κ2) is 7.04. The summed E-state index contributed by atoms with van der Waals surface area (Å²) in [6.07, 6.45) is 1.52. The number of primary amides is 1.